The average molecular weight is 499 g/mol. The van der Waals surface area contributed by atoms with E-state index in [4.69, 9.17) is 0 Å². The summed E-state index contributed by atoms with van der Waals surface area (Å²) >= 11 is 0. The van der Waals surface area contributed by atoms with Crippen LogP contribution in [0.1, 0.15) is 76.5 Å². The van der Waals surface area contributed by atoms with Gasteiger partial charge in [0.05, 0.1) is 6.61 Å². The van der Waals surface area contributed by atoms with E-state index in [0.29, 0.717) is 24.9 Å². The van der Waals surface area contributed by atoms with Gasteiger partial charge >= 0.3 is 0 Å². The molecule has 0 bridgehead atoms. The number of aliphatic hydroxyl groups is 1. The standard InChI is InChI=1S/C30H40F2N2O2/c1-21(36)34-28(18-23-16-26(31)20-27(32)17-23)10-14-33-30(12-8-22(9-13-30)11-15-35)25-7-5-6-24(19-25)29(2,3)4/h5-7,11,16-17,19-20,28,33,35H,8-10,12-15,18H2,1-4H3,(H,34,36)/t28-,30?/m1/s1. The zero-order chi connectivity index (χ0) is 26.3. The Kier molecular flexibility index (Phi) is 9.42. The molecule has 0 heterocycles. The van der Waals surface area contributed by atoms with E-state index in [2.05, 4.69) is 55.7 Å². The van der Waals surface area contributed by atoms with Gasteiger partial charge in [0.1, 0.15) is 11.6 Å². The van der Waals surface area contributed by atoms with E-state index in [0.717, 1.165) is 31.7 Å². The first-order valence-corrected chi connectivity index (χ1v) is 12.9. The first-order valence-electron chi connectivity index (χ1n) is 12.9. The maximum absolute atomic E-state index is 13.7. The van der Waals surface area contributed by atoms with E-state index in [1.807, 2.05) is 6.08 Å². The third-order valence-electron chi connectivity index (χ3n) is 7.17. The van der Waals surface area contributed by atoms with E-state index in [-0.39, 0.29) is 29.5 Å². The second-order valence-electron chi connectivity index (χ2n) is 11.1. The number of nitrogens with one attached hydrogen (secondary N) is 2. The molecule has 1 atom stereocenters. The van der Waals surface area contributed by atoms with E-state index in [1.54, 1.807) is 0 Å². The number of amides is 1. The largest absolute Gasteiger partial charge is 0.392 e. The normalized spacial score (nSPS) is 19.1. The fourth-order valence-electron chi connectivity index (χ4n) is 5.19. The van der Waals surface area contributed by atoms with Crippen molar-refractivity contribution in [2.75, 3.05) is 13.2 Å². The van der Waals surface area contributed by atoms with Crippen LogP contribution < -0.4 is 10.6 Å². The zero-order valence-electron chi connectivity index (χ0n) is 22.0. The van der Waals surface area contributed by atoms with Gasteiger partial charge in [0.25, 0.3) is 0 Å². The summed E-state index contributed by atoms with van der Waals surface area (Å²) in [5.74, 6) is -1.39. The third kappa shape index (κ3) is 7.71. The van der Waals surface area contributed by atoms with E-state index in [9.17, 15) is 18.7 Å². The van der Waals surface area contributed by atoms with Crippen molar-refractivity contribution in [3.63, 3.8) is 0 Å². The molecule has 4 nitrogen and oxygen atoms in total. The lowest BCUT2D eigenvalue weighted by Crippen LogP contribution is -2.47. The predicted molar refractivity (Wildman–Crippen MR) is 141 cm³/mol. The summed E-state index contributed by atoms with van der Waals surface area (Å²) < 4.78 is 27.4. The lowest BCUT2D eigenvalue weighted by atomic mass is 9.73. The molecule has 0 aromatic heterocycles. The summed E-state index contributed by atoms with van der Waals surface area (Å²) in [7, 11) is 0. The monoisotopic (exact) mass is 498 g/mol. The predicted octanol–water partition coefficient (Wildman–Crippen LogP) is 5.68. The zero-order valence-corrected chi connectivity index (χ0v) is 22.0. The van der Waals surface area contributed by atoms with Gasteiger partial charge in [-0.15, -0.1) is 0 Å². The smallest absolute Gasteiger partial charge is 0.217 e. The SMILES string of the molecule is CC(=O)N[C@H](CCNC1(c2cccc(C(C)(C)C)c2)CCC(=CCO)CC1)Cc1cc(F)cc(F)c1. The molecule has 1 amide bonds. The molecule has 0 aliphatic heterocycles. The van der Waals surface area contributed by atoms with E-state index < -0.39 is 11.6 Å². The number of rotatable bonds is 9. The average Bonchev–Trinajstić information content (AvgIpc) is 2.79. The summed E-state index contributed by atoms with van der Waals surface area (Å²) in [5.41, 5.74) is 4.15. The molecule has 6 heteroatoms. The van der Waals surface area contributed by atoms with Crippen LogP contribution in [0.4, 0.5) is 8.78 Å². The molecule has 0 radical (unpaired) electrons. The first kappa shape index (κ1) is 28.0. The van der Waals surface area contributed by atoms with Crippen molar-refractivity contribution >= 4 is 5.91 Å². The molecule has 0 saturated heterocycles. The minimum atomic E-state index is -0.615. The van der Waals surface area contributed by atoms with Gasteiger partial charge in [0.15, 0.2) is 0 Å². The molecule has 1 saturated carbocycles. The summed E-state index contributed by atoms with van der Waals surface area (Å²) in [6.45, 7) is 8.80. The Morgan fingerprint density at radius 2 is 1.78 bits per heavy atom. The van der Waals surface area contributed by atoms with Crippen LogP contribution in [0.15, 0.2) is 54.1 Å². The molecule has 2 aromatic carbocycles. The number of benzene rings is 2. The maximum atomic E-state index is 13.7. The van der Waals surface area contributed by atoms with Crippen LogP contribution in [0.2, 0.25) is 0 Å². The highest BCUT2D eigenvalue weighted by Gasteiger charge is 2.35. The van der Waals surface area contributed by atoms with Crippen LogP contribution in [-0.2, 0) is 22.2 Å². The molecule has 36 heavy (non-hydrogen) atoms. The minimum absolute atomic E-state index is 0.0323. The molecular formula is C30H40F2N2O2. The molecule has 1 fully saturated rings. The molecule has 196 valence electrons. The third-order valence-corrected chi connectivity index (χ3v) is 7.17. The number of halogens is 2. The second-order valence-corrected chi connectivity index (χ2v) is 11.1. The first-order chi connectivity index (χ1) is 17.0. The van der Waals surface area contributed by atoms with Crippen molar-refractivity contribution in [2.45, 2.75) is 83.2 Å². The Bertz CT molecular complexity index is 1040. The fraction of sp³-hybridized carbons (Fsp3) is 0.500. The topological polar surface area (TPSA) is 61.4 Å². The van der Waals surface area contributed by atoms with Crippen LogP contribution in [-0.4, -0.2) is 30.2 Å². The van der Waals surface area contributed by atoms with Crippen molar-refractivity contribution < 1.29 is 18.7 Å². The number of carbonyl (C=O) groups excluding carboxylic acids is 1. The quantitative estimate of drug-likeness (QED) is 0.390. The Morgan fingerprint density at radius 3 is 2.36 bits per heavy atom. The maximum Gasteiger partial charge on any atom is 0.217 e. The summed E-state index contributed by atoms with van der Waals surface area (Å²) in [6, 6.07) is 12.0. The highest BCUT2D eigenvalue weighted by molar-refractivity contribution is 5.73. The van der Waals surface area contributed by atoms with Crippen molar-refractivity contribution in [2.24, 2.45) is 0 Å². The Hall–Kier alpha value is -2.57. The van der Waals surface area contributed by atoms with Crippen LogP contribution in [0.3, 0.4) is 0 Å². The van der Waals surface area contributed by atoms with Crippen LogP contribution >= 0.6 is 0 Å². The second kappa shape index (κ2) is 12.1. The van der Waals surface area contributed by atoms with Crippen LogP contribution in [0.25, 0.3) is 0 Å². The highest BCUT2D eigenvalue weighted by atomic mass is 19.1. The fourth-order valence-corrected chi connectivity index (χ4v) is 5.19. The number of allylic oxidation sites excluding steroid dienone is 1. The van der Waals surface area contributed by atoms with Gasteiger partial charge in [-0.2, -0.15) is 0 Å². The van der Waals surface area contributed by atoms with E-state index in [1.165, 1.54) is 35.8 Å². The number of hydrogen-bond acceptors (Lipinski definition) is 3. The lowest BCUT2D eigenvalue weighted by Gasteiger charge is -2.41. The molecule has 2 aromatic rings. The van der Waals surface area contributed by atoms with Crippen molar-refractivity contribution in [3.8, 4) is 0 Å². The summed E-state index contributed by atoms with van der Waals surface area (Å²) in [6.07, 6.45) is 6.53. The Balaban J connectivity index is 1.79. The van der Waals surface area contributed by atoms with Gasteiger partial charge in [-0.05, 0) is 79.3 Å². The van der Waals surface area contributed by atoms with Gasteiger partial charge in [-0.3, -0.25) is 4.79 Å². The molecule has 1 aliphatic carbocycles. The van der Waals surface area contributed by atoms with Gasteiger partial charge in [-0.1, -0.05) is 56.7 Å². The Morgan fingerprint density at radius 1 is 1.11 bits per heavy atom. The molecule has 1 aliphatic rings. The lowest BCUT2D eigenvalue weighted by molar-refractivity contribution is -0.119. The number of carbonyl (C=O) groups is 1. The van der Waals surface area contributed by atoms with Gasteiger partial charge in [-0.25, -0.2) is 8.78 Å². The molecule has 3 N–H and O–H groups in total. The van der Waals surface area contributed by atoms with Crippen LogP contribution in [0, 0.1) is 11.6 Å². The van der Waals surface area contributed by atoms with Crippen LogP contribution in [0.5, 0.6) is 0 Å². The van der Waals surface area contributed by atoms with Crippen molar-refractivity contribution in [3.05, 3.63) is 82.4 Å². The Labute approximate surface area is 214 Å². The number of aliphatic hydroxyl groups excluding tert-OH is 1. The molecule has 0 unspecified atom stereocenters. The van der Waals surface area contributed by atoms with Gasteiger partial charge in [0, 0.05) is 24.6 Å². The highest BCUT2D eigenvalue weighted by Crippen LogP contribution is 2.40. The molecular weight excluding hydrogens is 458 g/mol. The summed E-state index contributed by atoms with van der Waals surface area (Å²) in [4.78, 5) is 11.9. The van der Waals surface area contributed by atoms with Gasteiger partial charge < -0.3 is 15.7 Å². The van der Waals surface area contributed by atoms with E-state index >= 15 is 0 Å². The van der Waals surface area contributed by atoms with Crippen molar-refractivity contribution in [1.82, 2.24) is 10.6 Å². The minimum Gasteiger partial charge on any atom is -0.392 e. The van der Waals surface area contributed by atoms with Gasteiger partial charge in [0.2, 0.25) is 5.91 Å². The summed E-state index contributed by atoms with van der Waals surface area (Å²) in [5, 5.41) is 16.1. The van der Waals surface area contributed by atoms with Crippen molar-refractivity contribution in [1.29, 1.82) is 0 Å². The number of hydrogen-bond donors (Lipinski definition) is 3. The molecule has 3 rings (SSSR count). The molecule has 0 spiro atoms.